The van der Waals surface area contributed by atoms with Crippen LogP contribution in [0.5, 0.6) is 0 Å². The van der Waals surface area contributed by atoms with Crippen molar-refractivity contribution in [3.8, 4) is 11.8 Å². The van der Waals surface area contributed by atoms with E-state index in [1.807, 2.05) is 4.90 Å². The number of carbonyl (C=O) groups excluding carboxylic acids is 2. The number of anilines is 1. The largest absolute Gasteiger partial charge is 0.468 e. The molecule has 2 aromatic rings. The lowest BCUT2D eigenvalue weighted by Crippen LogP contribution is -2.45. The number of imidazole rings is 1. The number of piperidine rings is 1. The minimum atomic E-state index is -1.44. The molecular weight excluding hydrogens is 458 g/mol. The van der Waals surface area contributed by atoms with E-state index < -0.39 is 30.4 Å². The second kappa shape index (κ2) is 10.5. The molecule has 4 unspecified atom stereocenters. The van der Waals surface area contributed by atoms with E-state index in [1.54, 1.807) is 6.92 Å². The Bertz CT molecular complexity index is 1160. The highest BCUT2D eigenvalue weighted by Gasteiger charge is 2.47. The molecule has 0 radical (unpaired) electrons. The zero-order chi connectivity index (χ0) is 25.1. The van der Waals surface area contributed by atoms with E-state index in [0.29, 0.717) is 13.1 Å². The van der Waals surface area contributed by atoms with Crippen molar-refractivity contribution in [3.63, 3.8) is 0 Å². The number of methoxy groups -OCH3 is 1. The maximum Gasteiger partial charge on any atom is 0.323 e. The van der Waals surface area contributed by atoms with Gasteiger partial charge in [-0.1, -0.05) is 12.3 Å². The summed E-state index contributed by atoms with van der Waals surface area (Å²) in [6.07, 6.45) is -1.22. The number of hydrogen-bond donors (Lipinski definition) is 4. The van der Waals surface area contributed by atoms with Crippen LogP contribution in [0.2, 0.25) is 0 Å². The molecule has 0 aliphatic carbocycles. The Kier molecular flexibility index (Phi) is 7.46. The molecule has 0 aromatic carbocycles. The molecule has 4 rings (SSSR count). The van der Waals surface area contributed by atoms with Crippen LogP contribution in [0.15, 0.2) is 6.33 Å². The number of esters is 1. The third kappa shape index (κ3) is 4.92. The Balaban J connectivity index is 1.57. The van der Waals surface area contributed by atoms with Gasteiger partial charge in [0.2, 0.25) is 5.82 Å². The molecule has 2 aliphatic heterocycles. The Morgan fingerprint density at radius 2 is 2.11 bits per heavy atom. The number of likely N-dealkylation sites (N-methyl/N-ethyl adjacent to an activating group) is 1. The second-order valence-electron chi connectivity index (χ2n) is 8.39. The van der Waals surface area contributed by atoms with E-state index in [4.69, 9.17) is 15.2 Å². The van der Waals surface area contributed by atoms with Gasteiger partial charge in [0.05, 0.1) is 20.0 Å². The first-order valence-corrected chi connectivity index (χ1v) is 11.5. The fraction of sp³-hybridized carbons (Fsp3) is 0.591. The monoisotopic (exact) mass is 487 g/mol. The van der Waals surface area contributed by atoms with Gasteiger partial charge in [0.15, 0.2) is 23.8 Å². The summed E-state index contributed by atoms with van der Waals surface area (Å²) in [6, 6.07) is -0.330. The molecule has 0 spiro atoms. The molecule has 1 amide bonds. The molecule has 0 bridgehead atoms. The summed E-state index contributed by atoms with van der Waals surface area (Å²) in [5.74, 6) is 5.25. The Morgan fingerprint density at radius 1 is 1.31 bits per heavy atom. The summed E-state index contributed by atoms with van der Waals surface area (Å²) < 4.78 is 12.0. The van der Waals surface area contributed by atoms with Gasteiger partial charge in [-0.3, -0.25) is 19.1 Å². The maximum absolute atomic E-state index is 12.2. The van der Waals surface area contributed by atoms with Crippen LogP contribution >= 0.6 is 0 Å². The molecule has 4 heterocycles. The SMILES string of the molecule is CCNC(=O)C1O[C@H](n2cnc3c(N)nc(C#CCN4CCCCC4C(=O)OC)nc32)C(O)C1O. The molecule has 13 nitrogen and oxygen atoms in total. The van der Waals surface area contributed by atoms with Gasteiger partial charge in [0, 0.05) is 6.54 Å². The number of likely N-dealkylation sites (tertiary alicyclic amines) is 1. The van der Waals surface area contributed by atoms with E-state index in [1.165, 1.54) is 18.0 Å². The van der Waals surface area contributed by atoms with Crippen LogP contribution in [-0.4, -0.2) is 97.6 Å². The minimum Gasteiger partial charge on any atom is -0.468 e. The molecule has 35 heavy (non-hydrogen) atoms. The molecule has 0 saturated carbocycles. The highest BCUT2D eigenvalue weighted by Crippen LogP contribution is 2.32. The Hall–Kier alpha value is -3.31. The third-order valence-electron chi connectivity index (χ3n) is 6.14. The van der Waals surface area contributed by atoms with Gasteiger partial charge in [-0.15, -0.1) is 0 Å². The van der Waals surface area contributed by atoms with Gasteiger partial charge in [0.25, 0.3) is 5.91 Å². The molecule has 5 N–H and O–H groups in total. The zero-order valence-corrected chi connectivity index (χ0v) is 19.5. The van der Waals surface area contributed by atoms with Gasteiger partial charge in [-0.2, -0.15) is 0 Å². The smallest absolute Gasteiger partial charge is 0.323 e. The fourth-order valence-electron chi connectivity index (χ4n) is 4.36. The number of rotatable bonds is 5. The van der Waals surface area contributed by atoms with Crippen LogP contribution in [0.3, 0.4) is 0 Å². The number of nitrogens with two attached hydrogens (primary N) is 1. The van der Waals surface area contributed by atoms with Crippen molar-refractivity contribution in [3.05, 3.63) is 12.2 Å². The summed E-state index contributed by atoms with van der Waals surface area (Å²) in [5, 5.41) is 23.4. The van der Waals surface area contributed by atoms with Gasteiger partial charge in [-0.05, 0) is 32.2 Å². The van der Waals surface area contributed by atoms with Crippen molar-refractivity contribution in [2.24, 2.45) is 0 Å². The van der Waals surface area contributed by atoms with Gasteiger partial charge < -0.3 is 30.7 Å². The number of nitrogens with zero attached hydrogens (tertiary/aromatic N) is 5. The topological polar surface area (TPSA) is 178 Å². The third-order valence-corrected chi connectivity index (χ3v) is 6.14. The number of nitrogen functional groups attached to an aromatic ring is 1. The first-order chi connectivity index (χ1) is 16.8. The van der Waals surface area contributed by atoms with Crippen molar-refractivity contribution in [1.29, 1.82) is 0 Å². The van der Waals surface area contributed by atoms with Crippen LogP contribution in [0.25, 0.3) is 11.2 Å². The number of amides is 1. The molecule has 2 saturated heterocycles. The van der Waals surface area contributed by atoms with E-state index in [9.17, 15) is 19.8 Å². The molecule has 188 valence electrons. The summed E-state index contributed by atoms with van der Waals surface area (Å²) in [4.78, 5) is 39.0. The van der Waals surface area contributed by atoms with Crippen molar-refractivity contribution in [2.75, 3.05) is 32.5 Å². The predicted molar refractivity (Wildman–Crippen MR) is 122 cm³/mol. The Morgan fingerprint density at radius 3 is 2.86 bits per heavy atom. The number of ether oxygens (including phenoxy) is 2. The van der Waals surface area contributed by atoms with Crippen LogP contribution in [0, 0.1) is 11.8 Å². The van der Waals surface area contributed by atoms with E-state index >= 15 is 0 Å². The summed E-state index contributed by atoms with van der Waals surface area (Å²) >= 11 is 0. The van der Waals surface area contributed by atoms with Crippen LogP contribution < -0.4 is 11.1 Å². The van der Waals surface area contributed by atoms with E-state index in [2.05, 4.69) is 32.1 Å². The molecule has 5 atom stereocenters. The summed E-state index contributed by atoms with van der Waals surface area (Å²) in [6.45, 7) is 3.14. The molecule has 13 heteroatoms. The lowest BCUT2D eigenvalue weighted by molar-refractivity contribution is -0.148. The quantitative estimate of drug-likeness (QED) is 0.286. The van der Waals surface area contributed by atoms with Crippen molar-refractivity contribution >= 4 is 28.9 Å². The number of hydrogen-bond acceptors (Lipinski definition) is 11. The zero-order valence-electron chi connectivity index (χ0n) is 19.5. The van der Waals surface area contributed by atoms with Crippen molar-refractivity contribution in [1.82, 2.24) is 29.7 Å². The minimum absolute atomic E-state index is 0.0803. The van der Waals surface area contributed by atoms with Crippen molar-refractivity contribution < 1.29 is 29.3 Å². The predicted octanol–water partition coefficient (Wildman–Crippen LogP) is -1.46. The van der Waals surface area contributed by atoms with Crippen LogP contribution in [0.4, 0.5) is 5.82 Å². The number of nitrogens with one attached hydrogen (secondary N) is 1. The molecular formula is C22H29N7O6. The van der Waals surface area contributed by atoms with Gasteiger partial charge in [0.1, 0.15) is 23.8 Å². The van der Waals surface area contributed by atoms with E-state index in [-0.39, 0.29) is 34.8 Å². The second-order valence-corrected chi connectivity index (χ2v) is 8.39. The average Bonchev–Trinajstić information content (AvgIpc) is 3.40. The highest BCUT2D eigenvalue weighted by molar-refractivity contribution is 5.83. The normalized spacial score (nSPS) is 26.8. The summed E-state index contributed by atoms with van der Waals surface area (Å²) in [5.41, 5.74) is 6.56. The lowest BCUT2D eigenvalue weighted by Gasteiger charge is -2.31. The molecule has 2 aromatic heterocycles. The Labute approximate surface area is 201 Å². The van der Waals surface area contributed by atoms with E-state index in [0.717, 1.165) is 25.8 Å². The fourth-order valence-corrected chi connectivity index (χ4v) is 4.36. The highest BCUT2D eigenvalue weighted by atomic mass is 16.6. The first-order valence-electron chi connectivity index (χ1n) is 11.5. The number of aromatic nitrogens is 4. The van der Waals surface area contributed by atoms with Crippen LogP contribution in [0.1, 0.15) is 38.2 Å². The maximum atomic E-state index is 12.2. The number of fused-ring (bicyclic) bond motifs is 1. The number of aliphatic hydroxyl groups is 2. The standard InChI is InChI=1S/C22H29N7O6/c1-3-24-20(32)17-15(30)16(31)21(35-17)29-11-25-14-18(23)26-13(27-19(14)29)8-6-10-28-9-5-4-7-12(28)22(33)34-2/h11-12,15-17,21,30-31H,3-5,7,9-10H2,1-2H3,(H,24,32)(H2,23,26,27)/t12?,15?,16?,17?,21-/m0/s1. The van der Waals surface area contributed by atoms with Crippen LogP contribution in [-0.2, 0) is 19.1 Å². The average molecular weight is 488 g/mol. The van der Waals surface area contributed by atoms with Gasteiger partial charge >= 0.3 is 5.97 Å². The van der Waals surface area contributed by atoms with Crippen molar-refractivity contribution in [2.45, 2.75) is 56.8 Å². The number of carbonyl (C=O) groups is 2. The molecule has 2 fully saturated rings. The van der Waals surface area contributed by atoms with Gasteiger partial charge in [-0.25, -0.2) is 15.0 Å². The lowest BCUT2D eigenvalue weighted by atomic mass is 10.0. The summed E-state index contributed by atoms with van der Waals surface area (Å²) in [7, 11) is 1.37. The molecule has 2 aliphatic rings. The first kappa shape index (κ1) is 24.8. The number of aliphatic hydroxyl groups excluding tert-OH is 2.